The van der Waals surface area contributed by atoms with Crippen molar-refractivity contribution in [2.75, 3.05) is 0 Å². The van der Waals surface area contributed by atoms with Crippen LogP contribution in [-0.2, 0) is 37.0 Å². The van der Waals surface area contributed by atoms with Gasteiger partial charge in [-0.05, 0) is 10.8 Å². The Bertz CT molecular complexity index is 677. The van der Waals surface area contributed by atoms with Crippen molar-refractivity contribution in [1.82, 2.24) is 0 Å². The van der Waals surface area contributed by atoms with Gasteiger partial charge >= 0.3 is 26.2 Å². The van der Waals surface area contributed by atoms with Crippen LogP contribution in [0, 0.1) is 24.7 Å². The Balaban J connectivity index is -0.000000461. The van der Waals surface area contributed by atoms with Crippen LogP contribution in [0.4, 0.5) is 0 Å². The molecule has 0 bridgehead atoms. The summed E-state index contributed by atoms with van der Waals surface area (Å²) in [7, 11) is 0. The molecule has 2 rings (SSSR count). The second kappa shape index (κ2) is 13.2. The molecule has 3 heteroatoms. The molecular weight excluding hydrogens is 498 g/mol. The van der Waals surface area contributed by atoms with E-state index in [4.69, 9.17) is 0 Å². The van der Waals surface area contributed by atoms with Crippen molar-refractivity contribution in [3.63, 3.8) is 0 Å². The third kappa shape index (κ3) is 8.16. The summed E-state index contributed by atoms with van der Waals surface area (Å²) in [5, 5.41) is 0. The van der Waals surface area contributed by atoms with Gasteiger partial charge in [-0.15, -0.1) is 0 Å². The molecule has 0 fully saturated rings. The number of rotatable bonds is 4. The average Bonchev–Trinajstić information content (AvgIpc) is 3.20. The van der Waals surface area contributed by atoms with Crippen LogP contribution < -0.4 is 24.8 Å². The van der Waals surface area contributed by atoms with Gasteiger partial charge in [-0.3, -0.25) is 0 Å². The molecule has 2 unspecified atom stereocenters. The van der Waals surface area contributed by atoms with Gasteiger partial charge in [-0.2, -0.15) is 46.5 Å². The minimum Gasteiger partial charge on any atom is -1.00 e. The molecule has 0 aliphatic carbocycles. The maximum absolute atomic E-state index is 2.38. The van der Waals surface area contributed by atoms with Gasteiger partial charge < -0.3 is 24.8 Å². The topological polar surface area (TPSA) is 0 Å². The van der Waals surface area contributed by atoms with E-state index < -0.39 is 0 Å². The SMILES string of the molecule is CCC(C)(c1cc[c-](C)c1)C(C)(C)C.CCC(C)(c1cc[c-](C)c1)C(C)(C)C.[Cl-].[Cl-].[Zr+4]. The fourth-order valence-corrected chi connectivity index (χ4v) is 4.15. The fourth-order valence-electron chi connectivity index (χ4n) is 4.15. The van der Waals surface area contributed by atoms with E-state index in [2.05, 4.69) is 119 Å². The molecule has 0 spiro atoms. The summed E-state index contributed by atoms with van der Waals surface area (Å²) >= 11 is 0. The number of hydrogen-bond donors (Lipinski definition) is 0. The summed E-state index contributed by atoms with van der Waals surface area (Å²) in [5.41, 5.74) is 6.97. The quantitative estimate of drug-likeness (QED) is 0.520. The monoisotopic (exact) mass is 542 g/mol. The van der Waals surface area contributed by atoms with Gasteiger partial charge in [0.25, 0.3) is 0 Å². The molecule has 0 aliphatic heterocycles. The maximum Gasteiger partial charge on any atom is 4.00 e. The summed E-state index contributed by atoms with van der Waals surface area (Å²) < 4.78 is 0. The van der Waals surface area contributed by atoms with E-state index in [1.807, 2.05) is 0 Å². The van der Waals surface area contributed by atoms with E-state index in [0.717, 1.165) is 0 Å². The first-order valence-electron chi connectivity index (χ1n) is 11.1. The van der Waals surface area contributed by atoms with Crippen LogP contribution in [-0.4, -0.2) is 0 Å². The van der Waals surface area contributed by atoms with Crippen molar-refractivity contribution < 1.29 is 51.0 Å². The standard InChI is InChI=1S/2C14H23.2ClH.Zr/c2*1-7-14(6,13(3,4)5)12-9-8-11(2)10-12;;;/h2*8-10H,7H2,1-6H3;2*1H;/q2*-1;;;+4/p-2. The predicted octanol–water partition coefficient (Wildman–Crippen LogP) is 2.86. The largest absolute Gasteiger partial charge is 4.00 e. The van der Waals surface area contributed by atoms with Gasteiger partial charge in [0.05, 0.1) is 0 Å². The Kier molecular flexibility index (Phi) is 15.2. The smallest absolute Gasteiger partial charge is 1.00 e. The van der Waals surface area contributed by atoms with E-state index in [9.17, 15) is 0 Å². The molecule has 0 radical (unpaired) electrons. The second-order valence-corrected chi connectivity index (χ2v) is 11.2. The first-order valence-corrected chi connectivity index (χ1v) is 11.1. The molecular formula is C28H46Cl2Zr. The molecule has 0 heterocycles. The summed E-state index contributed by atoms with van der Waals surface area (Å²) in [4.78, 5) is 0. The van der Waals surface area contributed by atoms with E-state index in [0.29, 0.717) is 21.7 Å². The zero-order chi connectivity index (χ0) is 22.0. The summed E-state index contributed by atoms with van der Waals surface area (Å²) in [6.07, 6.45) is 2.39. The van der Waals surface area contributed by atoms with Crippen LogP contribution in [0.2, 0.25) is 0 Å². The fraction of sp³-hybridized carbons (Fsp3) is 0.643. The zero-order valence-electron chi connectivity index (χ0n) is 22.1. The Morgan fingerprint density at radius 2 is 0.871 bits per heavy atom. The van der Waals surface area contributed by atoms with Crippen LogP contribution in [0.25, 0.3) is 0 Å². The minimum absolute atomic E-state index is 0. The van der Waals surface area contributed by atoms with E-state index in [1.165, 1.54) is 35.1 Å². The molecule has 0 amide bonds. The summed E-state index contributed by atoms with van der Waals surface area (Å²) in [5.74, 6) is 0. The van der Waals surface area contributed by atoms with Crippen molar-refractivity contribution in [1.29, 1.82) is 0 Å². The average molecular weight is 545 g/mol. The molecule has 2 aromatic rings. The first kappa shape index (κ1) is 35.7. The number of hydrogen-bond acceptors (Lipinski definition) is 0. The van der Waals surface area contributed by atoms with Gasteiger partial charge in [0.1, 0.15) is 0 Å². The van der Waals surface area contributed by atoms with E-state index in [1.54, 1.807) is 0 Å². The first-order chi connectivity index (χ1) is 12.6. The van der Waals surface area contributed by atoms with Crippen LogP contribution in [0.3, 0.4) is 0 Å². The van der Waals surface area contributed by atoms with Crippen molar-refractivity contribution in [2.24, 2.45) is 10.8 Å². The van der Waals surface area contributed by atoms with Crippen molar-refractivity contribution in [2.45, 2.75) is 107 Å². The van der Waals surface area contributed by atoms with Crippen LogP contribution in [0.5, 0.6) is 0 Å². The Hall–Kier alpha value is 0.163. The molecule has 0 N–H and O–H groups in total. The Labute approximate surface area is 226 Å². The summed E-state index contributed by atoms with van der Waals surface area (Å²) in [6.45, 7) is 27.7. The minimum atomic E-state index is 0. The third-order valence-electron chi connectivity index (χ3n) is 7.82. The van der Waals surface area contributed by atoms with Gasteiger partial charge in [0, 0.05) is 0 Å². The van der Waals surface area contributed by atoms with Crippen LogP contribution in [0.1, 0.15) is 104 Å². The van der Waals surface area contributed by atoms with Gasteiger partial charge in [-0.1, -0.05) is 107 Å². The molecule has 0 saturated heterocycles. The van der Waals surface area contributed by atoms with Gasteiger partial charge in [0.15, 0.2) is 0 Å². The van der Waals surface area contributed by atoms with Crippen molar-refractivity contribution in [3.05, 3.63) is 58.7 Å². The molecule has 0 aromatic heterocycles. The molecule has 0 saturated carbocycles. The molecule has 2 aromatic carbocycles. The molecule has 176 valence electrons. The molecule has 0 nitrogen and oxygen atoms in total. The second-order valence-electron chi connectivity index (χ2n) is 11.2. The van der Waals surface area contributed by atoms with Crippen molar-refractivity contribution in [3.8, 4) is 0 Å². The Morgan fingerprint density at radius 1 is 0.613 bits per heavy atom. The van der Waals surface area contributed by atoms with E-state index in [-0.39, 0.29) is 51.0 Å². The summed E-state index contributed by atoms with van der Waals surface area (Å²) in [6, 6.07) is 13.7. The molecule has 31 heavy (non-hydrogen) atoms. The van der Waals surface area contributed by atoms with Gasteiger partial charge in [-0.25, -0.2) is 12.1 Å². The van der Waals surface area contributed by atoms with Gasteiger partial charge in [0.2, 0.25) is 0 Å². The predicted molar refractivity (Wildman–Crippen MR) is 128 cm³/mol. The number of aryl methyl sites for hydroxylation is 2. The van der Waals surface area contributed by atoms with E-state index >= 15 is 0 Å². The van der Waals surface area contributed by atoms with Crippen LogP contribution in [0.15, 0.2) is 36.4 Å². The third-order valence-corrected chi connectivity index (χ3v) is 7.82. The Morgan fingerprint density at radius 3 is 1.00 bits per heavy atom. The molecule has 2 atom stereocenters. The molecule has 0 aliphatic rings. The van der Waals surface area contributed by atoms with Crippen LogP contribution >= 0.6 is 0 Å². The zero-order valence-corrected chi connectivity index (χ0v) is 26.1. The maximum atomic E-state index is 2.38. The number of halogens is 2. The van der Waals surface area contributed by atoms with Crippen molar-refractivity contribution >= 4 is 0 Å². The normalized spacial score (nSPS) is 15.1.